The molecule has 6 nitrogen and oxygen atoms in total. The number of carbonyl (C=O) groups is 1. The molecule has 1 aromatic carbocycles. The van der Waals surface area contributed by atoms with Crippen molar-refractivity contribution in [3.05, 3.63) is 51.7 Å². The Hall–Kier alpha value is -2.54. The third kappa shape index (κ3) is 5.23. The van der Waals surface area contributed by atoms with Gasteiger partial charge >= 0.3 is 0 Å². The van der Waals surface area contributed by atoms with Gasteiger partial charge in [0.15, 0.2) is 5.96 Å². The number of benzene rings is 1. The minimum Gasteiger partial charge on any atom is -0.497 e. The van der Waals surface area contributed by atoms with E-state index in [1.54, 1.807) is 25.5 Å². The van der Waals surface area contributed by atoms with E-state index in [0.717, 1.165) is 30.8 Å². The standard InChI is InChI=1S/C20H26N4O2S/c1-21-20(23-13-15-3-5-17(26-2)6-4-15)22-10-7-19(25)24-11-8-18-16(14-24)9-12-27-18/h3-6,9,12H,7-8,10-11,13-14H2,1-2H3,(H2,21,22,23). The molecular weight excluding hydrogens is 360 g/mol. The minimum absolute atomic E-state index is 0.185. The molecule has 0 atom stereocenters. The van der Waals surface area contributed by atoms with Gasteiger partial charge < -0.3 is 20.3 Å². The number of amides is 1. The number of ether oxygens (including phenoxy) is 1. The van der Waals surface area contributed by atoms with Crippen molar-refractivity contribution in [2.45, 2.75) is 25.9 Å². The number of nitrogens with one attached hydrogen (secondary N) is 2. The molecule has 0 radical (unpaired) electrons. The highest BCUT2D eigenvalue weighted by Crippen LogP contribution is 2.24. The van der Waals surface area contributed by atoms with Crippen molar-refractivity contribution >= 4 is 23.2 Å². The molecule has 1 aliphatic rings. The summed E-state index contributed by atoms with van der Waals surface area (Å²) in [6.45, 7) is 2.78. The number of hydrogen-bond acceptors (Lipinski definition) is 4. The molecule has 144 valence electrons. The average Bonchev–Trinajstić information content (AvgIpc) is 3.18. The molecule has 27 heavy (non-hydrogen) atoms. The van der Waals surface area contributed by atoms with Gasteiger partial charge in [0.1, 0.15) is 5.75 Å². The normalized spacial score (nSPS) is 13.9. The van der Waals surface area contributed by atoms with E-state index in [2.05, 4.69) is 27.1 Å². The summed E-state index contributed by atoms with van der Waals surface area (Å²) in [4.78, 5) is 20.0. The van der Waals surface area contributed by atoms with Gasteiger partial charge in [-0.15, -0.1) is 11.3 Å². The maximum Gasteiger partial charge on any atom is 0.224 e. The van der Waals surface area contributed by atoms with Gasteiger partial charge in [-0.1, -0.05) is 12.1 Å². The molecule has 1 aliphatic heterocycles. The molecule has 2 heterocycles. The fourth-order valence-corrected chi connectivity index (χ4v) is 3.95. The van der Waals surface area contributed by atoms with Gasteiger partial charge in [0.05, 0.1) is 7.11 Å². The van der Waals surface area contributed by atoms with E-state index in [1.165, 1.54) is 10.4 Å². The predicted molar refractivity (Wildman–Crippen MR) is 109 cm³/mol. The monoisotopic (exact) mass is 386 g/mol. The molecule has 2 aromatic rings. The highest BCUT2D eigenvalue weighted by molar-refractivity contribution is 7.10. The second-order valence-electron chi connectivity index (χ2n) is 6.38. The van der Waals surface area contributed by atoms with Gasteiger partial charge in [-0.3, -0.25) is 9.79 Å². The minimum atomic E-state index is 0.185. The number of hydrogen-bond donors (Lipinski definition) is 2. The van der Waals surface area contributed by atoms with Crippen LogP contribution in [0.4, 0.5) is 0 Å². The van der Waals surface area contributed by atoms with Crippen LogP contribution in [0, 0.1) is 0 Å². The fourth-order valence-electron chi connectivity index (χ4n) is 3.06. The Kier molecular flexibility index (Phi) is 6.70. The summed E-state index contributed by atoms with van der Waals surface area (Å²) >= 11 is 1.79. The molecule has 2 N–H and O–H groups in total. The van der Waals surface area contributed by atoms with Crippen LogP contribution in [0.3, 0.4) is 0 Å². The lowest BCUT2D eigenvalue weighted by molar-refractivity contribution is -0.131. The van der Waals surface area contributed by atoms with E-state index >= 15 is 0 Å². The quantitative estimate of drug-likeness (QED) is 0.591. The summed E-state index contributed by atoms with van der Waals surface area (Å²) in [6.07, 6.45) is 1.43. The first-order chi connectivity index (χ1) is 13.2. The Labute approximate surface area is 164 Å². The molecule has 0 spiro atoms. The second-order valence-corrected chi connectivity index (χ2v) is 7.39. The number of carbonyl (C=O) groups excluding carboxylic acids is 1. The van der Waals surface area contributed by atoms with Crippen molar-refractivity contribution < 1.29 is 9.53 Å². The second kappa shape index (κ2) is 9.41. The first-order valence-electron chi connectivity index (χ1n) is 9.10. The van der Waals surface area contributed by atoms with Gasteiger partial charge in [-0.25, -0.2) is 0 Å². The largest absolute Gasteiger partial charge is 0.497 e. The van der Waals surface area contributed by atoms with Crippen LogP contribution in [0.15, 0.2) is 40.7 Å². The van der Waals surface area contributed by atoms with Crippen LogP contribution in [0.2, 0.25) is 0 Å². The number of methoxy groups -OCH3 is 1. The lowest BCUT2D eigenvalue weighted by Crippen LogP contribution is -2.40. The zero-order chi connectivity index (χ0) is 19.1. The van der Waals surface area contributed by atoms with Crippen LogP contribution >= 0.6 is 11.3 Å². The Morgan fingerprint density at radius 1 is 1.26 bits per heavy atom. The van der Waals surface area contributed by atoms with E-state index in [0.29, 0.717) is 25.5 Å². The van der Waals surface area contributed by atoms with E-state index in [9.17, 15) is 4.79 Å². The molecule has 7 heteroatoms. The summed E-state index contributed by atoms with van der Waals surface area (Å²) in [5.41, 5.74) is 2.43. The summed E-state index contributed by atoms with van der Waals surface area (Å²) in [7, 11) is 3.39. The molecule has 0 unspecified atom stereocenters. The van der Waals surface area contributed by atoms with Gasteiger partial charge in [0.25, 0.3) is 0 Å². The zero-order valence-electron chi connectivity index (χ0n) is 15.8. The first kappa shape index (κ1) is 19.2. The SMILES string of the molecule is CN=C(NCCC(=O)N1CCc2sccc2C1)NCc1ccc(OC)cc1. The molecular formula is C20H26N4O2S. The molecule has 0 saturated carbocycles. The van der Waals surface area contributed by atoms with Gasteiger partial charge in [0, 0.05) is 44.5 Å². The molecule has 0 saturated heterocycles. The van der Waals surface area contributed by atoms with E-state index in [4.69, 9.17) is 4.74 Å². The zero-order valence-corrected chi connectivity index (χ0v) is 16.6. The summed E-state index contributed by atoms with van der Waals surface area (Å²) in [5.74, 6) is 1.72. The van der Waals surface area contributed by atoms with Crippen molar-refractivity contribution in [2.24, 2.45) is 4.99 Å². The summed E-state index contributed by atoms with van der Waals surface area (Å²) in [6, 6.07) is 10.0. The maximum absolute atomic E-state index is 12.5. The molecule has 1 aromatic heterocycles. The topological polar surface area (TPSA) is 66.0 Å². The Morgan fingerprint density at radius 3 is 2.81 bits per heavy atom. The van der Waals surface area contributed by atoms with E-state index < -0.39 is 0 Å². The Balaban J connectivity index is 1.39. The molecule has 0 fully saturated rings. The van der Waals surface area contributed by atoms with Crippen LogP contribution < -0.4 is 15.4 Å². The summed E-state index contributed by atoms with van der Waals surface area (Å²) in [5, 5.41) is 8.59. The van der Waals surface area contributed by atoms with Crippen LogP contribution in [0.5, 0.6) is 5.75 Å². The van der Waals surface area contributed by atoms with Crippen molar-refractivity contribution in [3.63, 3.8) is 0 Å². The van der Waals surface area contributed by atoms with E-state index in [1.807, 2.05) is 29.2 Å². The van der Waals surface area contributed by atoms with E-state index in [-0.39, 0.29) is 5.91 Å². The number of thiophene rings is 1. The molecule has 0 bridgehead atoms. The lowest BCUT2D eigenvalue weighted by atomic mass is 10.1. The average molecular weight is 387 g/mol. The van der Waals surface area contributed by atoms with Gasteiger partial charge in [-0.2, -0.15) is 0 Å². The van der Waals surface area contributed by atoms with Crippen LogP contribution in [0.1, 0.15) is 22.4 Å². The number of guanidine groups is 1. The van der Waals surface area contributed by atoms with Crippen molar-refractivity contribution in [1.82, 2.24) is 15.5 Å². The molecule has 0 aliphatic carbocycles. The maximum atomic E-state index is 12.5. The number of fused-ring (bicyclic) bond motifs is 1. The number of nitrogens with zero attached hydrogens (tertiary/aromatic N) is 2. The highest BCUT2D eigenvalue weighted by atomic mass is 32.1. The van der Waals surface area contributed by atoms with Crippen LogP contribution in [-0.4, -0.2) is 44.0 Å². The lowest BCUT2D eigenvalue weighted by Gasteiger charge is -2.27. The number of rotatable bonds is 6. The van der Waals surface area contributed by atoms with Crippen molar-refractivity contribution in [1.29, 1.82) is 0 Å². The van der Waals surface area contributed by atoms with Crippen LogP contribution in [-0.2, 0) is 24.3 Å². The third-order valence-corrected chi connectivity index (χ3v) is 5.66. The smallest absolute Gasteiger partial charge is 0.224 e. The van der Waals surface area contributed by atoms with Crippen LogP contribution in [0.25, 0.3) is 0 Å². The van der Waals surface area contributed by atoms with Crippen molar-refractivity contribution in [3.8, 4) is 5.75 Å². The Morgan fingerprint density at radius 2 is 2.07 bits per heavy atom. The predicted octanol–water partition coefficient (Wildman–Crippen LogP) is 2.40. The van der Waals surface area contributed by atoms with Gasteiger partial charge in [-0.05, 0) is 41.1 Å². The number of aliphatic imine (C=N–C) groups is 1. The molecule has 3 rings (SSSR count). The van der Waals surface area contributed by atoms with Crippen molar-refractivity contribution in [2.75, 3.05) is 27.2 Å². The third-order valence-electron chi connectivity index (χ3n) is 4.63. The first-order valence-corrected chi connectivity index (χ1v) is 9.98. The molecule has 1 amide bonds. The fraction of sp³-hybridized carbons (Fsp3) is 0.400. The Bertz CT molecular complexity index is 786. The highest BCUT2D eigenvalue weighted by Gasteiger charge is 2.20. The summed E-state index contributed by atoms with van der Waals surface area (Å²) < 4.78 is 5.16. The van der Waals surface area contributed by atoms with Gasteiger partial charge in [0.2, 0.25) is 5.91 Å².